The third-order valence-corrected chi connectivity index (χ3v) is 3.69. The Balaban J connectivity index is 2.21. The Morgan fingerprint density at radius 1 is 1.37 bits per heavy atom. The van der Waals surface area contributed by atoms with Crippen molar-refractivity contribution in [3.63, 3.8) is 0 Å². The number of nitrogens with zero attached hydrogens (tertiary/aromatic N) is 2. The molecule has 0 saturated heterocycles. The largest absolute Gasteiger partial charge is 0.459 e. The third-order valence-electron chi connectivity index (χ3n) is 3.69. The van der Waals surface area contributed by atoms with Crippen LogP contribution >= 0.6 is 0 Å². The van der Waals surface area contributed by atoms with Gasteiger partial charge in [-0.05, 0) is 32.1 Å². The highest BCUT2D eigenvalue weighted by molar-refractivity contribution is 5.83. The Bertz CT molecular complexity index is 434. The van der Waals surface area contributed by atoms with E-state index in [1.54, 1.807) is 6.92 Å². The van der Waals surface area contributed by atoms with E-state index in [0.717, 1.165) is 19.3 Å². The first-order valence-electron chi connectivity index (χ1n) is 7.08. The van der Waals surface area contributed by atoms with Gasteiger partial charge in [0.25, 0.3) is 0 Å². The summed E-state index contributed by atoms with van der Waals surface area (Å²) >= 11 is 0. The first-order chi connectivity index (χ1) is 9.07. The zero-order valence-electron chi connectivity index (χ0n) is 11.9. The van der Waals surface area contributed by atoms with E-state index < -0.39 is 5.97 Å². The molecule has 0 aliphatic heterocycles. The molecule has 0 unspecified atom stereocenters. The molecule has 1 aromatic rings. The summed E-state index contributed by atoms with van der Waals surface area (Å²) < 4.78 is 10.5. The van der Waals surface area contributed by atoms with Crippen molar-refractivity contribution in [3.8, 4) is 0 Å². The average molecular weight is 266 g/mol. The highest BCUT2D eigenvalue weighted by Gasteiger charge is 2.41. The molecule has 0 spiro atoms. The lowest BCUT2D eigenvalue weighted by Crippen LogP contribution is -2.24. The average Bonchev–Trinajstić information content (AvgIpc) is 2.97. The molecule has 106 valence electrons. The molecular weight excluding hydrogens is 244 g/mol. The van der Waals surface area contributed by atoms with Crippen LogP contribution < -0.4 is 0 Å². The monoisotopic (exact) mass is 266 g/mol. The molecule has 1 aliphatic carbocycles. The Morgan fingerprint density at radius 2 is 2.05 bits per heavy atom. The standard InChI is InChI=1S/C14H22N2O3/c1-4-18-12(17)11-15-16-13(19-11)14(9-10(2)3)7-5-6-8-14/h10H,4-9H2,1-3H3. The molecule has 0 aromatic carbocycles. The van der Waals surface area contributed by atoms with Crippen LogP contribution in [0.1, 0.15) is 69.5 Å². The van der Waals surface area contributed by atoms with Crippen molar-refractivity contribution in [3.05, 3.63) is 11.8 Å². The molecule has 0 bridgehead atoms. The summed E-state index contributed by atoms with van der Waals surface area (Å²) in [7, 11) is 0. The fourth-order valence-corrected chi connectivity index (χ4v) is 3.05. The van der Waals surface area contributed by atoms with E-state index in [9.17, 15) is 4.79 Å². The van der Waals surface area contributed by atoms with Gasteiger partial charge in [-0.15, -0.1) is 10.2 Å². The molecule has 2 rings (SSSR count). The van der Waals surface area contributed by atoms with Gasteiger partial charge in [-0.2, -0.15) is 0 Å². The van der Waals surface area contributed by atoms with Gasteiger partial charge >= 0.3 is 11.9 Å². The second kappa shape index (κ2) is 5.72. The van der Waals surface area contributed by atoms with Crippen molar-refractivity contribution in [2.75, 3.05) is 6.61 Å². The molecule has 1 fully saturated rings. The number of hydrogen-bond acceptors (Lipinski definition) is 5. The Morgan fingerprint density at radius 3 is 2.63 bits per heavy atom. The van der Waals surface area contributed by atoms with E-state index in [4.69, 9.17) is 9.15 Å². The van der Waals surface area contributed by atoms with Crippen molar-refractivity contribution in [1.82, 2.24) is 10.2 Å². The molecule has 19 heavy (non-hydrogen) atoms. The summed E-state index contributed by atoms with van der Waals surface area (Å²) in [5, 5.41) is 7.95. The van der Waals surface area contributed by atoms with Gasteiger partial charge in [0.15, 0.2) is 0 Å². The summed E-state index contributed by atoms with van der Waals surface area (Å²) in [5.41, 5.74) is -0.0358. The summed E-state index contributed by atoms with van der Waals surface area (Å²) in [6.07, 6.45) is 5.52. The Kier molecular flexibility index (Phi) is 4.22. The van der Waals surface area contributed by atoms with E-state index in [0.29, 0.717) is 18.4 Å². The highest BCUT2D eigenvalue weighted by Crippen LogP contribution is 2.44. The molecular formula is C14H22N2O3. The number of carbonyl (C=O) groups is 1. The van der Waals surface area contributed by atoms with Crippen LogP contribution in [0.4, 0.5) is 0 Å². The molecule has 1 heterocycles. The second-order valence-corrected chi connectivity index (χ2v) is 5.72. The van der Waals surface area contributed by atoms with Crippen molar-refractivity contribution >= 4 is 5.97 Å². The van der Waals surface area contributed by atoms with Gasteiger partial charge in [-0.25, -0.2) is 4.79 Å². The number of aromatic nitrogens is 2. The summed E-state index contributed by atoms with van der Waals surface area (Å²) in [6, 6.07) is 0. The van der Waals surface area contributed by atoms with Gasteiger partial charge in [0.2, 0.25) is 5.89 Å². The lowest BCUT2D eigenvalue weighted by molar-refractivity contribution is 0.0475. The predicted octanol–water partition coefficient (Wildman–Crippen LogP) is 3.10. The minimum Gasteiger partial charge on any atom is -0.459 e. The third kappa shape index (κ3) is 2.96. The maximum Gasteiger partial charge on any atom is 0.396 e. The van der Waals surface area contributed by atoms with E-state index in [1.165, 1.54) is 12.8 Å². The summed E-state index contributed by atoms with van der Waals surface area (Å²) in [4.78, 5) is 11.6. The van der Waals surface area contributed by atoms with Crippen LogP contribution in [0, 0.1) is 5.92 Å². The van der Waals surface area contributed by atoms with Crippen LogP contribution in [-0.4, -0.2) is 22.8 Å². The quantitative estimate of drug-likeness (QED) is 0.766. The topological polar surface area (TPSA) is 65.2 Å². The summed E-state index contributed by atoms with van der Waals surface area (Å²) in [5.74, 6) is 0.628. The van der Waals surface area contributed by atoms with E-state index in [-0.39, 0.29) is 11.3 Å². The maximum absolute atomic E-state index is 11.6. The first-order valence-corrected chi connectivity index (χ1v) is 7.08. The number of ether oxygens (including phenoxy) is 1. The van der Waals surface area contributed by atoms with Gasteiger partial charge in [-0.3, -0.25) is 0 Å². The minimum absolute atomic E-state index is 0.0214. The fourth-order valence-electron chi connectivity index (χ4n) is 3.05. The SMILES string of the molecule is CCOC(=O)c1nnc(C2(CC(C)C)CCCC2)o1. The van der Waals surface area contributed by atoms with Crippen LogP contribution in [-0.2, 0) is 10.2 Å². The lowest BCUT2D eigenvalue weighted by Gasteiger charge is -2.26. The first kappa shape index (κ1) is 14.0. The zero-order valence-corrected chi connectivity index (χ0v) is 11.9. The Labute approximate surface area is 113 Å². The number of rotatable bonds is 5. The molecule has 0 amide bonds. The van der Waals surface area contributed by atoms with Crippen molar-refractivity contribution in [2.24, 2.45) is 5.92 Å². The number of hydrogen-bond donors (Lipinski definition) is 0. The van der Waals surface area contributed by atoms with Gasteiger partial charge in [-0.1, -0.05) is 26.7 Å². The molecule has 1 aliphatic rings. The smallest absolute Gasteiger partial charge is 0.396 e. The fraction of sp³-hybridized carbons (Fsp3) is 0.786. The molecule has 1 saturated carbocycles. The number of esters is 1. The molecule has 1 aromatic heterocycles. The molecule has 5 nitrogen and oxygen atoms in total. The van der Waals surface area contributed by atoms with Gasteiger partial charge in [0.1, 0.15) is 0 Å². The lowest BCUT2D eigenvalue weighted by atomic mass is 9.78. The normalized spacial score (nSPS) is 17.9. The molecule has 0 N–H and O–H groups in total. The van der Waals surface area contributed by atoms with Crippen LogP contribution in [0.3, 0.4) is 0 Å². The minimum atomic E-state index is -0.529. The van der Waals surface area contributed by atoms with E-state index >= 15 is 0 Å². The van der Waals surface area contributed by atoms with Crippen LogP contribution in [0.25, 0.3) is 0 Å². The van der Waals surface area contributed by atoms with Gasteiger partial charge in [0.05, 0.1) is 6.61 Å². The van der Waals surface area contributed by atoms with Gasteiger partial charge in [0, 0.05) is 5.41 Å². The summed E-state index contributed by atoms with van der Waals surface area (Å²) in [6.45, 7) is 6.46. The van der Waals surface area contributed by atoms with Crippen molar-refractivity contribution in [2.45, 2.75) is 58.3 Å². The van der Waals surface area contributed by atoms with Crippen LogP contribution in [0.5, 0.6) is 0 Å². The van der Waals surface area contributed by atoms with Crippen molar-refractivity contribution in [1.29, 1.82) is 0 Å². The van der Waals surface area contributed by atoms with E-state index in [2.05, 4.69) is 24.0 Å². The molecule has 0 radical (unpaired) electrons. The molecule has 0 atom stereocenters. The van der Waals surface area contributed by atoms with Crippen LogP contribution in [0.15, 0.2) is 4.42 Å². The highest BCUT2D eigenvalue weighted by atomic mass is 16.5. The molecule has 5 heteroatoms. The predicted molar refractivity (Wildman–Crippen MR) is 69.9 cm³/mol. The van der Waals surface area contributed by atoms with Gasteiger partial charge < -0.3 is 9.15 Å². The zero-order chi connectivity index (χ0) is 13.9. The van der Waals surface area contributed by atoms with E-state index in [1.807, 2.05) is 0 Å². The number of carbonyl (C=O) groups excluding carboxylic acids is 1. The van der Waals surface area contributed by atoms with Crippen molar-refractivity contribution < 1.29 is 13.9 Å². The Hall–Kier alpha value is -1.39. The van der Waals surface area contributed by atoms with Crippen LogP contribution in [0.2, 0.25) is 0 Å². The maximum atomic E-state index is 11.6. The second-order valence-electron chi connectivity index (χ2n) is 5.72.